The number of furan rings is 1. The van der Waals surface area contributed by atoms with Gasteiger partial charge in [-0.2, -0.15) is 0 Å². The number of ether oxygens (including phenoxy) is 1. The summed E-state index contributed by atoms with van der Waals surface area (Å²) in [5, 5.41) is 6.21. The predicted octanol–water partition coefficient (Wildman–Crippen LogP) is 4.17. The number of aromatic nitrogens is 1. The summed E-state index contributed by atoms with van der Waals surface area (Å²) in [5.74, 6) is -0.762. The lowest BCUT2D eigenvalue weighted by Crippen LogP contribution is -2.35. The largest absolute Gasteiger partial charge is 0.449 e. The van der Waals surface area contributed by atoms with Crippen LogP contribution in [0, 0.1) is 12.8 Å². The van der Waals surface area contributed by atoms with Crippen molar-refractivity contribution in [2.45, 2.75) is 38.6 Å². The van der Waals surface area contributed by atoms with E-state index in [2.05, 4.69) is 34.6 Å². The van der Waals surface area contributed by atoms with Crippen molar-refractivity contribution in [2.24, 2.45) is 5.92 Å². The number of nitrogens with zero attached hydrogens (tertiary/aromatic N) is 3. The number of methoxy groups -OCH3 is 1. The number of carbonyl (C=O) groups excluding carboxylic acids is 3. The minimum Gasteiger partial charge on any atom is -0.449 e. The molecule has 0 radical (unpaired) electrons. The Bertz CT molecular complexity index is 1330. The molecule has 208 valence electrons. The minimum atomic E-state index is -0.542. The molecule has 10 heteroatoms. The molecule has 2 aromatic heterocycles. The number of nitrogens with one attached hydrogen (secondary N) is 2. The third kappa shape index (κ3) is 6.63. The van der Waals surface area contributed by atoms with Gasteiger partial charge in [0, 0.05) is 49.8 Å². The Morgan fingerprint density at radius 3 is 2.44 bits per heavy atom. The fraction of sp³-hybridized carbons (Fsp3) is 0.448. The molecule has 2 heterocycles. The smallest absolute Gasteiger partial charge is 0.294 e. The third-order valence-electron chi connectivity index (χ3n) is 7.32. The van der Waals surface area contributed by atoms with Crippen molar-refractivity contribution < 1.29 is 23.5 Å². The number of pyridine rings is 1. The van der Waals surface area contributed by atoms with E-state index >= 15 is 0 Å². The van der Waals surface area contributed by atoms with Gasteiger partial charge >= 0.3 is 0 Å². The zero-order valence-corrected chi connectivity index (χ0v) is 23.2. The highest BCUT2D eigenvalue weighted by molar-refractivity contribution is 6.15. The predicted molar refractivity (Wildman–Crippen MR) is 150 cm³/mol. The molecule has 1 fully saturated rings. The van der Waals surface area contributed by atoms with Crippen LogP contribution in [0.4, 0.5) is 11.5 Å². The first kappa shape index (κ1) is 28.3. The topological polar surface area (TPSA) is 117 Å². The van der Waals surface area contributed by atoms with Crippen LogP contribution < -0.4 is 10.6 Å². The number of aryl methyl sites for hydroxylation is 1. The van der Waals surface area contributed by atoms with Gasteiger partial charge < -0.3 is 29.6 Å². The van der Waals surface area contributed by atoms with Crippen molar-refractivity contribution in [1.82, 2.24) is 14.8 Å². The molecule has 2 N–H and O–H groups in total. The first-order valence-corrected chi connectivity index (χ1v) is 13.2. The number of rotatable bonds is 9. The maximum atomic E-state index is 13.4. The van der Waals surface area contributed by atoms with Crippen LogP contribution >= 0.6 is 0 Å². The van der Waals surface area contributed by atoms with Gasteiger partial charge in [-0.15, -0.1) is 0 Å². The highest BCUT2D eigenvalue weighted by Gasteiger charge is 2.30. The van der Waals surface area contributed by atoms with E-state index in [0.29, 0.717) is 41.5 Å². The number of anilines is 2. The molecule has 4 rings (SSSR count). The van der Waals surface area contributed by atoms with Crippen LogP contribution in [-0.2, 0) is 9.53 Å². The number of carbonyl (C=O) groups is 3. The highest BCUT2D eigenvalue weighted by atomic mass is 16.5. The molecule has 0 saturated heterocycles. The molecular formula is C29H37N5O5. The van der Waals surface area contributed by atoms with Crippen LogP contribution in [0.15, 0.2) is 40.9 Å². The standard InChI is InChI=1S/C29H37N5O5/c1-18-6-13-24(30-17-18)31-28(36)26-25(32-27(35)19-7-10-21(11-8-19)33(2)3)22-16-20(9-12-23(22)39-26)29(37)34(4)14-15-38-5/h6,9,12-13,16-17,19,21H,7-8,10-11,14-15H2,1-5H3,(H,32,35)(H,30,31,36)/t19-,21-. The molecule has 0 aliphatic heterocycles. The molecule has 10 nitrogen and oxygen atoms in total. The second-order valence-corrected chi connectivity index (χ2v) is 10.4. The van der Waals surface area contributed by atoms with Crippen molar-refractivity contribution in [2.75, 3.05) is 52.0 Å². The van der Waals surface area contributed by atoms with E-state index in [-0.39, 0.29) is 29.2 Å². The van der Waals surface area contributed by atoms with Crippen LogP contribution in [0.3, 0.4) is 0 Å². The van der Waals surface area contributed by atoms with Crippen LogP contribution in [0.25, 0.3) is 11.0 Å². The summed E-state index contributed by atoms with van der Waals surface area (Å²) in [7, 11) is 7.39. The molecule has 0 atom stereocenters. The summed E-state index contributed by atoms with van der Waals surface area (Å²) in [4.78, 5) is 47.7. The Morgan fingerprint density at radius 1 is 1.05 bits per heavy atom. The molecule has 3 amide bonds. The quantitative estimate of drug-likeness (QED) is 0.422. The van der Waals surface area contributed by atoms with Gasteiger partial charge in [-0.1, -0.05) is 6.07 Å². The van der Waals surface area contributed by atoms with Gasteiger partial charge in [0.15, 0.2) is 0 Å². The molecule has 3 aromatic rings. The Hall–Kier alpha value is -3.76. The molecule has 39 heavy (non-hydrogen) atoms. The van der Waals surface area contributed by atoms with E-state index in [1.807, 2.05) is 13.0 Å². The first-order valence-electron chi connectivity index (χ1n) is 13.2. The molecule has 0 spiro atoms. The summed E-state index contributed by atoms with van der Waals surface area (Å²) in [6.45, 7) is 2.74. The summed E-state index contributed by atoms with van der Waals surface area (Å²) in [5.41, 5.74) is 2.01. The molecule has 1 aliphatic rings. The summed E-state index contributed by atoms with van der Waals surface area (Å²) < 4.78 is 11.0. The number of likely N-dealkylation sites (N-methyl/N-ethyl adjacent to an activating group) is 1. The summed E-state index contributed by atoms with van der Waals surface area (Å²) in [6, 6.07) is 8.94. The maximum absolute atomic E-state index is 13.4. The van der Waals surface area contributed by atoms with Gasteiger partial charge in [0.1, 0.15) is 17.1 Å². The normalized spacial score (nSPS) is 17.3. The summed E-state index contributed by atoms with van der Waals surface area (Å²) in [6.07, 6.45) is 5.02. The zero-order valence-electron chi connectivity index (χ0n) is 23.2. The minimum absolute atomic E-state index is 0.0416. The number of amides is 3. The van der Waals surface area contributed by atoms with Crippen molar-refractivity contribution >= 4 is 40.2 Å². The van der Waals surface area contributed by atoms with Crippen molar-refractivity contribution in [3.05, 3.63) is 53.4 Å². The lowest BCUT2D eigenvalue weighted by Gasteiger charge is -2.31. The molecule has 0 bridgehead atoms. The lowest BCUT2D eigenvalue weighted by atomic mass is 9.85. The average Bonchev–Trinajstić information content (AvgIpc) is 3.30. The zero-order chi connectivity index (χ0) is 28.1. The van der Waals surface area contributed by atoms with E-state index in [0.717, 1.165) is 31.2 Å². The Labute approximate surface area is 228 Å². The highest BCUT2D eigenvalue weighted by Crippen LogP contribution is 2.35. The van der Waals surface area contributed by atoms with Crippen molar-refractivity contribution in [1.29, 1.82) is 0 Å². The maximum Gasteiger partial charge on any atom is 0.294 e. The molecular weight excluding hydrogens is 498 g/mol. The number of hydrogen-bond acceptors (Lipinski definition) is 7. The number of hydrogen-bond donors (Lipinski definition) is 2. The second kappa shape index (κ2) is 12.4. The van der Waals surface area contributed by atoms with Gasteiger partial charge in [-0.05, 0) is 76.5 Å². The van der Waals surface area contributed by atoms with Gasteiger partial charge in [-0.25, -0.2) is 4.98 Å². The second-order valence-electron chi connectivity index (χ2n) is 10.4. The van der Waals surface area contributed by atoms with E-state index in [1.165, 1.54) is 0 Å². The fourth-order valence-corrected chi connectivity index (χ4v) is 4.86. The van der Waals surface area contributed by atoms with Gasteiger partial charge in [-0.3, -0.25) is 14.4 Å². The Balaban J connectivity index is 1.65. The third-order valence-corrected chi connectivity index (χ3v) is 7.32. The van der Waals surface area contributed by atoms with E-state index in [1.54, 1.807) is 49.5 Å². The fourth-order valence-electron chi connectivity index (χ4n) is 4.86. The average molecular weight is 536 g/mol. The van der Waals surface area contributed by atoms with E-state index in [9.17, 15) is 14.4 Å². The monoisotopic (exact) mass is 535 g/mol. The van der Waals surface area contributed by atoms with Crippen LogP contribution in [-0.4, -0.2) is 80.0 Å². The number of fused-ring (bicyclic) bond motifs is 1. The molecule has 1 aromatic carbocycles. The van der Waals surface area contributed by atoms with E-state index in [4.69, 9.17) is 9.15 Å². The summed E-state index contributed by atoms with van der Waals surface area (Å²) >= 11 is 0. The van der Waals surface area contributed by atoms with Crippen molar-refractivity contribution in [3.63, 3.8) is 0 Å². The number of benzene rings is 1. The first-order chi connectivity index (χ1) is 18.7. The Kier molecular flexibility index (Phi) is 8.98. The van der Waals surface area contributed by atoms with Gasteiger partial charge in [0.25, 0.3) is 11.8 Å². The van der Waals surface area contributed by atoms with Crippen LogP contribution in [0.5, 0.6) is 0 Å². The molecule has 1 saturated carbocycles. The lowest BCUT2D eigenvalue weighted by molar-refractivity contribution is -0.121. The molecule has 1 aliphatic carbocycles. The SMILES string of the molecule is COCCN(C)C(=O)c1ccc2oc(C(=O)Nc3ccc(C)cn3)c(NC(=O)[C@H]3CC[C@H](N(C)C)CC3)c2c1. The van der Waals surface area contributed by atoms with Crippen LogP contribution in [0.1, 0.15) is 52.2 Å². The van der Waals surface area contributed by atoms with E-state index < -0.39 is 5.91 Å². The van der Waals surface area contributed by atoms with Gasteiger partial charge in [0.2, 0.25) is 11.7 Å². The molecule has 0 unspecified atom stereocenters. The van der Waals surface area contributed by atoms with Gasteiger partial charge in [0.05, 0.1) is 6.61 Å². The van der Waals surface area contributed by atoms with Crippen molar-refractivity contribution in [3.8, 4) is 0 Å². The van der Waals surface area contributed by atoms with Crippen LogP contribution in [0.2, 0.25) is 0 Å². The Morgan fingerprint density at radius 2 is 1.79 bits per heavy atom.